The molecule has 5 rings (SSSR count). The minimum absolute atomic E-state index is 0.0823. The maximum absolute atomic E-state index is 13.2. The van der Waals surface area contributed by atoms with Crippen LogP contribution in [0.2, 0.25) is 0 Å². The number of amides is 1. The predicted octanol–water partition coefficient (Wildman–Crippen LogP) is 2.99. The van der Waals surface area contributed by atoms with Crippen molar-refractivity contribution in [2.75, 3.05) is 49.8 Å². The van der Waals surface area contributed by atoms with E-state index in [0.717, 1.165) is 5.56 Å². The lowest BCUT2D eigenvalue weighted by atomic mass is 10.1. The molecule has 1 fully saturated rings. The molecule has 1 amide bonds. The molecule has 194 valence electrons. The Hall–Kier alpha value is -3.96. The quantitative estimate of drug-likeness (QED) is 0.461. The number of carbonyl (C=O) groups is 1. The van der Waals surface area contributed by atoms with Gasteiger partial charge in [-0.1, -0.05) is 6.07 Å². The summed E-state index contributed by atoms with van der Waals surface area (Å²) in [6.45, 7) is 2.72. The second-order valence-electron chi connectivity index (χ2n) is 8.48. The number of nitrogens with zero attached hydrogens (tertiary/aromatic N) is 1. The fraction of sp³-hybridized carbons (Fsp3) is 0.269. The van der Waals surface area contributed by atoms with Crippen molar-refractivity contribution >= 4 is 27.3 Å². The molecule has 0 radical (unpaired) electrons. The zero-order chi connectivity index (χ0) is 25.8. The van der Waals surface area contributed by atoms with Gasteiger partial charge in [-0.25, -0.2) is 8.42 Å². The van der Waals surface area contributed by atoms with Gasteiger partial charge in [-0.2, -0.15) is 0 Å². The Morgan fingerprint density at radius 3 is 2.49 bits per heavy atom. The Bertz CT molecular complexity index is 1390. The molecule has 10 nitrogen and oxygen atoms in total. The number of hydrogen-bond donors (Lipinski definition) is 2. The Kier molecular flexibility index (Phi) is 7.06. The van der Waals surface area contributed by atoms with Crippen LogP contribution in [-0.4, -0.2) is 54.5 Å². The van der Waals surface area contributed by atoms with Crippen molar-refractivity contribution in [1.82, 2.24) is 5.32 Å². The largest absolute Gasteiger partial charge is 0.497 e. The van der Waals surface area contributed by atoms with E-state index >= 15 is 0 Å². The third-order valence-electron chi connectivity index (χ3n) is 6.11. The van der Waals surface area contributed by atoms with Gasteiger partial charge in [-0.3, -0.25) is 9.52 Å². The molecular formula is C26H27N3O7S. The Labute approximate surface area is 215 Å². The second-order valence-corrected chi connectivity index (χ2v) is 10.2. The summed E-state index contributed by atoms with van der Waals surface area (Å²) in [7, 11) is -2.41. The summed E-state index contributed by atoms with van der Waals surface area (Å²) in [5.41, 5.74) is 2.16. The van der Waals surface area contributed by atoms with Gasteiger partial charge < -0.3 is 29.2 Å². The molecule has 0 saturated carbocycles. The monoisotopic (exact) mass is 525 g/mol. The fourth-order valence-corrected chi connectivity index (χ4v) is 5.20. The van der Waals surface area contributed by atoms with E-state index in [1.807, 2.05) is 17.0 Å². The number of ether oxygens (including phenoxy) is 4. The van der Waals surface area contributed by atoms with Crippen LogP contribution < -0.4 is 29.1 Å². The second kappa shape index (κ2) is 10.6. The van der Waals surface area contributed by atoms with Gasteiger partial charge in [-0.15, -0.1) is 0 Å². The number of hydrogen-bond acceptors (Lipinski definition) is 8. The molecule has 2 N–H and O–H groups in total. The number of methoxy groups -OCH3 is 1. The summed E-state index contributed by atoms with van der Waals surface area (Å²) in [6, 6.07) is 16.6. The Morgan fingerprint density at radius 2 is 1.73 bits per heavy atom. The predicted molar refractivity (Wildman–Crippen MR) is 137 cm³/mol. The molecule has 0 aromatic heterocycles. The van der Waals surface area contributed by atoms with E-state index in [1.165, 1.54) is 19.2 Å². The molecule has 2 aliphatic rings. The van der Waals surface area contributed by atoms with E-state index in [-0.39, 0.29) is 24.1 Å². The third-order valence-corrected chi connectivity index (χ3v) is 7.50. The summed E-state index contributed by atoms with van der Waals surface area (Å²) in [5, 5.41) is 2.88. The number of rotatable bonds is 8. The lowest BCUT2D eigenvalue weighted by Gasteiger charge is -2.31. The van der Waals surface area contributed by atoms with Crippen molar-refractivity contribution < 1.29 is 32.2 Å². The molecule has 37 heavy (non-hydrogen) atoms. The van der Waals surface area contributed by atoms with E-state index < -0.39 is 10.0 Å². The van der Waals surface area contributed by atoms with Gasteiger partial charge in [-0.05, 0) is 60.2 Å². The minimum Gasteiger partial charge on any atom is -0.497 e. The molecular weight excluding hydrogens is 498 g/mol. The SMILES string of the molecule is COc1ccc(S(=O)(=O)Nc2cc(C(=O)NCc3ccc4c(c3)OCO4)ccc2N2CCOCC2)cc1. The van der Waals surface area contributed by atoms with Crippen molar-refractivity contribution in [1.29, 1.82) is 0 Å². The van der Waals surface area contributed by atoms with E-state index in [1.54, 1.807) is 36.4 Å². The van der Waals surface area contributed by atoms with Crippen LogP contribution in [0.25, 0.3) is 0 Å². The molecule has 2 heterocycles. The zero-order valence-corrected chi connectivity index (χ0v) is 21.0. The molecule has 0 bridgehead atoms. The first-order valence-electron chi connectivity index (χ1n) is 11.7. The van der Waals surface area contributed by atoms with E-state index in [4.69, 9.17) is 18.9 Å². The molecule has 11 heteroatoms. The van der Waals surface area contributed by atoms with Crippen LogP contribution in [0.1, 0.15) is 15.9 Å². The van der Waals surface area contributed by atoms with Crippen LogP contribution in [0.15, 0.2) is 65.6 Å². The van der Waals surface area contributed by atoms with Gasteiger partial charge in [0.2, 0.25) is 6.79 Å². The summed E-state index contributed by atoms with van der Waals surface area (Å²) >= 11 is 0. The van der Waals surface area contributed by atoms with Gasteiger partial charge >= 0.3 is 0 Å². The highest BCUT2D eigenvalue weighted by atomic mass is 32.2. The Morgan fingerprint density at radius 1 is 0.973 bits per heavy atom. The molecule has 0 spiro atoms. The third kappa shape index (κ3) is 5.57. The van der Waals surface area contributed by atoms with Gasteiger partial charge in [0.15, 0.2) is 11.5 Å². The molecule has 3 aromatic carbocycles. The highest BCUT2D eigenvalue weighted by Gasteiger charge is 2.22. The van der Waals surface area contributed by atoms with Gasteiger partial charge in [0.05, 0.1) is 36.6 Å². The molecule has 2 aliphatic heterocycles. The average molecular weight is 526 g/mol. The smallest absolute Gasteiger partial charge is 0.261 e. The van der Waals surface area contributed by atoms with Crippen molar-refractivity contribution in [2.45, 2.75) is 11.4 Å². The lowest BCUT2D eigenvalue weighted by molar-refractivity contribution is 0.0950. The van der Waals surface area contributed by atoms with Crippen molar-refractivity contribution in [2.24, 2.45) is 0 Å². The lowest BCUT2D eigenvalue weighted by Crippen LogP contribution is -2.37. The number of nitrogens with one attached hydrogen (secondary N) is 2. The normalized spacial score (nSPS) is 14.8. The van der Waals surface area contributed by atoms with E-state index in [9.17, 15) is 13.2 Å². The van der Waals surface area contributed by atoms with Crippen LogP contribution in [0.3, 0.4) is 0 Å². The van der Waals surface area contributed by atoms with E-state index in [2.05, 4.69) is 10.0 Å². The van der Waals surface area contributed by atoms with Gasteiger partial charge in [0.25, 0.3) is 15.9 Å². The summed E-state index contributed by atoms with van der Waals surface area (Å²) in [5.74, 6) is 1.52. The molecule has 0 unspecified atom stereocenters. The highest BCUT2D eigenvalue weighted by Crippen LogP contribution is 2.33. The maximum Gasteiger partial charge on any atom is 0.261 e. The minimum atomic E-state index is -3.92. The van der Waals surface area contributed by atoms with Crippen molar-refractivity contribution in [3.63, 3.8) is 0 Å². The summed E-state index contributed by atoms with van der Waals surface area (Å²) in [6.07, 6.45) is 0. The van der Waals surface area contributed by atoms with E-state index in [0.29, 0.717) is 60.5 Å². The zero-order valence-electron chi connectivity index (χ0n) is 20.2. The molecule has 0 aliphatic carbocycles. The maximum atomic E-state index is 13.2. The van der Waals surface area contributed by atoms with Gasteiger partial charge in [0, 0.05) is 25.2 Å². The Balaban J connectivity index is 1.38. The standard InChI is InChI=1S/C26H27N3O7S/c1-33-20-4-6-21(7-5-20)37(31,32)28-22-15-19(3-8-23(22)29-10-12-34-13-11-29)26(30)27-16-18-2-9-24-25(14-18)36-17-35-24/h2-9,14-15,28H,10-13,16-17H2,1H3,(H,27,30). The van der Waals surface area contributed by atoms with Crippen LogP contribution >= 0.6 is 0 Å². The van der Waals surface area contributed by atoms with Crippen molar-refractivity contribution in [3.8, 4) is 17.2 Å². The number of sulfonamides is 1. The highest BCUT2D eigenvalue weighted by molar-refractivity contribution is 7.92. The first-order valence-corrected chi connectivity index (χ1v) is 13.2. The molecule has 3 aromatic rings. The number of morpholine rings is 1. The fourth-order valence-electron chi connectivity index (χ4n) is 4.13. The van der Waals surface area contributed by atoms with Crippen molar-refractivity contribution in [3.05, 3.63) is 71.8 Å². The van der Waals surface area contributed by atoms with Crippen LogP contribution in [-0.2, 0) is 21.3 Å². The summed E-state index contributed by atoms with van der Waals surface area (Å²) < 4.78 is 50.4. The number of fused-ring (bicyclic) bond motifs is 1. The average Bonchev–Trinajstić information content (AvgIpc) is 3.40. The van der Waals surface area contributed by atoms with Crippen LogP contribution in [0, 0.1) is 0 Å². The molecule has 1 saturated heterocycles. The number of anilines is 2. The topological polar surface area (TPSA) is 115 Å². The first-order chi connectivity index (χ1) is 17.9. The summed E-state index contributed by atoms with van der Waals surface area (Å²) in [4.78, 5) is 15.1. The number of benzene rings is 3. The van der Waals surface area contributed by atoms with Gasteiger partial charge in [0.1, 0.15) is 5.75 Å². The molecule has 0 atom stereocenters. The first kappa shape index (κ1) is 24.7. The van der Waals surface area contributed by atoms with Crippen LogP contribution in [0.4, 0.5) is 11.4 Å². The number of carbonyl (C=O) groups excluding carboxylic acids is 1. The van der Waals surface area contributed by atoms with Crippen LogP contribution in [0.5, 0.6) is 17.2 Å².